The first-order valence-electron chi connectivity index (χ1n) is 8.72. The standard InChI is InChI=1S/C12H34O9Si4/c1-7-13-23(19-22)20-25(17-11-5,18-12-6)21-24(14-8-2,15-9-3)16-10-4/h23H,7-12H2,1-6,22H3. The largest absolute Gasteiger partial charge is 0.673 e. The molecule has 152 valence electrons. The molecule has 0 amide bonds. The Bertz CT molecular complexity index is 304. The van der Waals surface area contributed by atoms with E-state index in [0.29, 0.717) is 50.1 Å². The van der Waals surface area contributed by atoms with E-state index < -0.39 is 27.6 Å². The summed E-state index contributed by atoms with van der Waals surface area (Å²) in [7, 11) is -9.12. The van der Waals surface area contributed by atoms with E-state index in [0.717, 1.165) is 0 Å². The van der Waals surface area contributed by atoms with Crippen LogP contribution in [0.25, 0.3) is 0 Å². The first kappa shape index (κ1) is 25.5. The maximum absolute atomic E-state index is 6.14. The van der Waals surface area contributed by atoms with E-state index in [1.54, 1.807) is 0 Å². The molecule has 25 heavy (non-hydrogen) atoms. The highest BCUT2D eigenvalue weighted by Crippen LogP contribution is 2.23. The van der Waals surface area contributed by atoms with Crippen LogP contribution in [0, 0.1) is 0 Å². The van der Waals surface area contributed by atoms with Gasteiger partial charge in [-0.15, -0.1) is 0 Å². The van der Waals surface area contributed by atoms with Crippen molar-refractivity contribution in [3.8, 4) is 0 Å². The second-order valence-electron chi connectivity index (χ2n) is 4.36. The van der Waals surface area contributed by atoms with E-state index in [2.05, 4.69) is 0 Å². The summed E-state index contributed by atoms with van der Waals surface area (Å²) >= 11 is 0. The van der Waals surface area contributed by atoms with Gasteiger partial charge in [0.15, 0.2) is 0 Å². The van der Waals surface area contributed by atoms with Gasteiger partial charge in [0.1, 0.15) is 10.5 Å². The Hall–Kier alpha value is 0.508. The van der Waals surface area contributed by atoms with Gasteiger partial charge in [0, 0.05) is 39.6 Å². The van der Waals surface area contributed by atoms with Gasteiger partial charge in [-0.25, -0.2) is 0 Å². The van der Waals surface area contributed by atoms with Gasteiger partial charge in [0.25, 0.3) is 0 Å². The molecule has 1 atom stereocenters. The summed E-state index contributed by atoms with van der Waals surface area (Å²) in [5.41, 5.74) is 0. The second kappa shape index (κ2) is 14.6. The fourth-order valence-corrected chi connectivity index (χ4v) is 10.8. The molecule has 0 bridgehead atoms. The van der Waals surface area contributed by atoms with Crippen molar-refractivity contribution in [2.75, 3.05) is 39.6 Å². The Labute approximate surface area is 158 Å². The molecule has 0 aliphatic rings. The highest BCUT2D eigenvalue weighted by atomic mass is 28.5. The van der Waals surface area contributed by atoms with Gasteiger partial charge in [-0.1, -0.05) is 0 Å². The molecule has 0 fully saturated rings. The smallest absolute Gasteiger partial charge is 0.427 e. The van der Waals surface area contributed by atoms with E-state index in [9.17, 15) is 0 Å². The molecule has 0 aromatic rings. The zero-order valence-electron chi connectivity index (χ0n) is 16.5. The van der Waals surface area contributed by atoms with E-state index >= 15 is 0 Å². The van der Waals surface area contributed by atoms with Gasteiger partial charge in [0.2, 0.25) is 0 Å². The van der Waals surface area contributed by atoms with Crippen molar-refractivity contribution >= 4 is 38.1 Å². The fraction of sp³-hybridized carbons (Fsp3) is 1.00. The third-order valence-corrected chi connectivity index (χ3v) is 11.9. The summed E-state index contributed by atoms with van der Waals surface area (Å²) in [6, 6.07) is 0. The zero-order valence-corrected chi connectivity index (χ0v) is 21.6. The zero-order chi connectivity index (χ0) is 19.2. The average molecular weight is 435 g/mol. The molecule has 0 radical (unpaired) electrons. The van der Waals surface area contributed by atoms with Gasteiger partial charge in [0.05, 0.1) is 0 Å². The van der Waals surface area contributed by atoms with Crippen molar-refractivity contribution in [3.63, 3.8) is 0 Å². The molecule has 0 aliphatic heterocycles. The van der Waals surface area contributed by atoms with Crippen molar-refractivity contribution < 1.29 is 38.9 Å². The topological polar surface area (TPSA) is 83.1 Å². The third-order valence-electron chi connectivity index (χ3n) is 2.59. The second-order valence-corrected chi connectivity index (χ2v) is 12.4. The SMILES string of the molecule is CCO[SiH](O[SiH3])O[Si](OCC)(OCC)O[Si](OCC)(OCC)OCC. The average Bonchev–Trinajstić information content (AvgIpc) is 2.55. The van der Waals surface area contributed by atoms with Gasteiger partial charge >= 0.3 is 27.6 Å². The molecule has 0 spiro atoms. The van der Waals surface area contributed by atoms with Crippen LogP contribution >= 0.6 is 0 Å². The van der Waals surface area contributed by atoms with Crippen molar-refractivity contribution in [2.24, 2.45) is 0 Å². The van der Waals surface area contributed by atoms with Crippen LogP contribution in [0.5, 0.6) is 0 Å². The van der Waals surface area contributed by atoms with Crippen molar-refractivity contribution in [2.45, 2.75) is 41.5 Å². The lowest BCUT2D eigenvalue weighted by atomic mass is 10.9. The molecular formula is C12H34O9Si4. The van der Waals surface area contributed by atoms with E-state index in [4.69, 9.17) is 38.9 Å². The lowest BCUT2D eigenvalue weighted by Crippen LogP contribution is -2.64. The predicted octanol–water partition coefficient (Wildman–Crippen LogP) is 0.124. The Morgan fingerprint density at radius 3 is 1.36 bits per heavy atom. The van der Waals surface area contributed by atoms with Gasteiger partial charge in [-0.05, 0) is 41.5 Å². The lowest BCUT2D eigenvalue weighted by Gasteiger charge is -2.36. The first-order chi connectivity index (χ1) is 12.0. The van der Waals surface area contributed by atoms with Crippen LogP contribution in [0.2, 0.25) is 0 Å². The molecule has 0 N–H and O–H groups in total. The van der Waals surface area contributed by atoms with Crippen LogP contribution in [0.15, 0.2) is 0 Å². The monoisotopic (exact) mass is 434 g/mol. The Morgan fingerprint density at radius 2 is 1.04 bits per heavy atom. The Morgan fingerprint density at radius 1 is 0.640 bits per heavy atom. The van der Waals surface area contributed by atoms with Crippen molar-refractivity contribution in [1.82, 2.24) is 0 Å². The van der Waals surface area contributed by atoms with E-state index in [1.165, 1.54) is 0 Å². The number of rotatable bonds is 17. The first-order valence-corrected chi connectivity index (χ1v) is 14.2. The molecule has 0 heterocycles. The molecule has 1 unspecified atom stereocenters. The van der Waals surface area contributed by atoms with Crippen LogP contribution < -0.4 is 0 Å². The maximum atomic E-state index is 6.14. The highest BCUT2D eigenvalue weighted by molar-refractivity contribution is 6.72. The molecule has 0 rings (SSSR count). The summed E-state index contributed by atoms with van der Waals surface area (Å²) in [5, 5.41) is 0. The highest BCUT2D eigenvalue weighted by Gasteiger charge is 2.60. The summed E-state index contributed by atoms with van der Waals surface area (Å²) in [5.74, 6) is 0. The molecule has 0 aliphatic carbocycles. The molecule has 0 aromatic carbocycles. The normalized spacial score (nSPS) is 14.2. The lowest BCUT2D eigenvalue weighted by molar-refractivity contribution is -0.0502. The summed E-state index contributed by atoms with van der Waals surface area (Å²) in [6.07, 6.45) is 0. The minimum absolute atomic E-state index is 0.329. The molecular weight excluding hydrogens is 400 g/mol. The summed E-state index contributed by atoms with van der Waals surface area (Å²) < 4.78 is 52.0. The van der Waals surface area contributed by atoms with Crippen LogP contribution in [0.1, 0.15) is 41.5 Å². The van der Waals surface area contributed by atoms with Crippen molar-refractivity contribution in [1.29, 1.82) is 0 Å². The number of hydrogen-bond acceptors (Lipinski definition) is 9. The van der Waals surface area contributed by atoms with E-state index in [1.807, 2.05) is 41.5 Å². The van der Waals surface area contributed by atoms with Crippen LogP contribution in [0.3, 0.4) is 0 Å². The quantitative estimate of drug-likeness (QED) is 0.296. The van der Waals surface area contributed by atoms with Crippen LogP contribution in [-0.4, -0.2) is 77.8 Å². The van der Waals surface area contributed by atoms with Crippen LogP contribution in [-0.2, 0) is 38.9 Å². The van der Waals surface area contributed by atoms with E-state index in [-0.39, 0.29) is 0 Å². The number of hydrogen-bond donors (Lipinski definition) is 0. The van der Waals surface area contributed by atoms with Gasteiger partial charge in [-0.2, -0.15) is 0 Å². The minimum atomic E-state index is -3.64. The van der Waals surface area contributed by atoms with Gasteiger partial charge in [-0.3, -0.25) is 0 Å². The third kappa shape index (κ3) is 9.32. The Balaban J connectivity index is 5.63. The molecule has 13 heteroatoms. The fourth-order valence-electron chi connectivity index (χ4n) is 1.85. The predicted molar refractivity (Wildman–Crippen MR) is 102 cm³/mol. The van der Waals surface area contributed by atoms with Crippen molar-refractivity contribution in [3.05, 3.63) is 0 Å². The minimum Gasteiger partial charge on any atom is -0.427 e. The maximum Gasteiger partial charge on any atom is 0.673 e. The van der Waals surface area contributed by atoms with Crippen LogP contribution in [0.4, 0.5) is 0 Å². The summed E-state index contributed by atoms with van der Waals surface area (Å²) in [4.78, 5) is 0. The molecule has 0 aromatic heterocycles. The summed E-state index contributed by atoms with van der Waals surface area (Å²) in [6.45, 7) is 13.3. The Kier molecular flexibility index (Phi) is 14.8. The molecule has 9 nitrogen and oxygen atoms in total. The van der Waals surface area contributed by atoms with Gasteiger partial charge < -0.3 is 38.9 Å². The molecule has 0 saturated carbocycles. The molecule has 0 saturated heterocycles.